The van der Waals surface area contributed by atoms with E-state index in [1.807, 2.05) is 0 Å². The molecule has 5 nitrogen and oxygen atoms in total. The minimum atomic E-state index is -0.910. The molecular formula is C12H7F2N3O2. The highest BCUT2D eigenvalue weighted by molar-refractivity contribution is 5.75. The molecule has 0 saturated carbocycles. The van der Waals surface area contributed by atoms with Gasteiger partial charge in [0.2, 0.25) is 17.5 Å². The van der Waals surface area contributed by atoms with Gasteiger partial charge in [-0.05, 0) is 12.1 Å². The molecule has 0 aliphatic heterocycles. The van der Waals surface area contributed by atoms with E-state index in [2.05, 4.69) is 9.97 Å². The maximum absolute atomic E-state index is 13.7. The van der Waals surface area contributed by atoms with E-state index in [1.165, 1.54) is 18.5 Å². The lowest BCUT2D eigenvalue weighted by atomic mass is 10.1. The SMILES string of the molecule is Oc1nc2nccn2c(O)c1-c1c(F)cccc1F. The number of benzene rings is 1. The third-order valence-electron chi connectivity index (χ3n) is 2.72. The van der Waals surface area contributed by atoms with Crippen molar-refractivity contribution >= 4 is 5.78 Å². The first-order valence-electron chi connectivity index (χ1n) is 5.29. The summed E-state index contributed by atoms with van der Waals surface area (Å²) in [6.07, 6.45) is 2.70. The topological polar surface area (TPSA) is 70.7 Å². The van der Waals surface area contributed by atoms with Crippen LogP contribution < -0.4 is 0 Å². The molecule has 3 rings (SSSR count). The number of aromatic nitrogens is 3. The third kappa shape index (κ3) is 1.59. The lowest BCUT2D eigenvalue weighted by molar-refractivity contribution is 0.421. The second kappa shape index (κ2) is 3.91. The molecule has 0 bridgehead atoms. The van der Waals surface area contributed by atoms with Crippen molar-refractivity contribution in [3.63, 3.8) is 0 Å². The second-order valence-electron chi connectivity index (χ2n) is 3.83. The van der Waals surface area contributed by atoms with Crippen LogP contribution in [-0.2, 0) is 0 Å². The molecule has 0 amide bonds. The first kappa shape index (κ1) is 11.4. The van der Waals surface area contributed by atoms with Crippen LogP contribution in [0.4, 0.5) is 8.78 Å². The molecule has 0 aliphatic rings. The molecule has 2 heterocycles. The molecule has 0 saturated heterocycles. The summed E-state index contributed by atoms with van der Waals surface area (Å²) in [6.45, 7) is 0. The Hall–Kier alpha value is -2.70. The van der Waals surface area contributed by atoms with Crippen LogP contribution in [-0.4, -0.2) is 24.6 Å². The van der Waals surface area contributed by atoms with E-state index in [4.69, 9.17) is 0 Å². The smallest absolute Gasteiger partial charge is 0.239 e. The van der Waals surface area contributed by atoms with Gasteiger partial charge in [-0.1, -0.05) is 6.07 Å². The molecule has 7 heteroatoms. The van der Waals surface area contributed by atoms with Gasteiger partial charge in [-0.25, -0.2) is 13.8 Å². The Labute approximate surface area is 105 Å². The van der Waals surface area contributed by atoms with E-state index in [-0.39, 0.29) is 5.78 Å². The molecule has 1 aromatic carbocycles. The fourth-order valence-electron chi connectivity index (χ4n) is 1.87. The van der Waals surface area contributed by atoms with E-state index >= 15 is 0 Å². The summed E-state index contributed by atoms with van der Waals surface area (Å²) in [5.41, 5.74) is -0.957. The Bertz CT molecular complexity index is 766. The van der Waals surface area contributed by atoms with E-state index in [0.717, 1.165) is 16.5 Å². The van der Waals surface area contributed by atoms with Crippen molar-refractivity contribution < 1.29 is 19.0 Å². The van der Waals surface area contributed by atoms with Crippen LogP contribution in [0.25, 0.3) is 16.9 Å². The lowest BCUT2D eigenvalue weighted by Crippen LogP contribution is -1.97. The fourth-order valence-corrected chi connectivity index (χ4v) is 1.87. The minimum Gasteiger partial charge on any atom is -0.494 e. The number of hydrogen-bond acceptors (Lipinski definition) is 4. The summed E-state index contributed by atoms with van der Waals surface area (Å²) in [5.74, 6) is -3.03. The number of rotatable bonds is 1. The van der Waals surface area contributed by atoms with Crippen LogP contribution in [0.2, 0.25) is 0 Å². The molecule has 0 atom stereocenters. The van der Waals surface area contributed by atoms with Gasteiger partial charge in [-0.2, -0.15) is 4.98 Å². The number of aromatic hydroxyl groups is 2. The summed E-state index contributed by atoms with van der Waals surface area (Å²) < 4.78 is 28.5. The van der Waals surface area contributed by atoms with Gasteiger partial charge in [-0.15, -0.1) is 0 Å². The number of nitrogens with zero attached hydrogens (tertiary/aromatic N) is 3. The van der Waals surface area contributed by atoms with E-state index < -0.39 is 34.5 Å². The zero-order chi connectivity index (χ0) is 13.6. The zero-order valence-electron chi connectivity index (χ0n) is 9.38. The van der Waals surface area contributed by atoms with Gasteiger partial charge in [0.25, 0.3) is 0 Å². The van der Waals surface area contributed by atoms with E-state index in [9.17, 15) is 19.0 Å². The van der Waals surface area contributed by atoms with Gasteiger partial charge in [0.1, 0.15) is 17.2 Å². The molecule has 0 fully saturated rings. The average molecular weight is 263 g/mol. The quantitative estimate of drug-likeness (QED) is 0.705. The van der Waals surface area contributed by atoms with E-state index in [1.54, 1.807) is 0 Å². The van der Waals surface area contributed by atoms with E-state index in [0.29, 0.717) is 0 Å². The van der Waals surface area contributed by atoms with Crippen molar-refractivity contribution in [2.45, 2.75) is 0 Å². The Morgan fingerprint density at radius 2 is 1.74 bits per heavy atom. The summed E-state index contributed by atoms with van der Waals surface area (Å²) in [4.78, 5) is 7.43. The molecule has 0 radical (unpaired) electrons. The number of fused-ring (bicyclic) bond motifs is 1. The van der Waals surface area contributed by atoms with Gasteiger partial charge in [0, 0.05) is 12.4 Å². The van der Waals surface area contributed by atoms with Crippen LogP contribution in [0.3, 0.4) is 0 Å². The molecule has 2 aromatic heterocycles. The zero-order valence-corrected chi connectivity index (χ0v) is 9.38. The van der Waals surface area contributed by atoms with Crippen molar-refractivity contribution in [1.29, 1.82) is 0 Å². The molecular weight excluding hydrogens is 256 g/mol. The van der Waals surface area contributed by atoms with Gasteiger partial charge in [0.15, 0.2) is 0 Å². The highest BCUT2D eigenvalue weighted by atomic mass is 19.1. The van der Waals surface area contributed by atoms with Gasteiger partial charge < -0.3 is 10.2 Å². The van der Waals surface area contributed by atoms with Crippen molar-refractivity contribution in [3.05, 3.63) is 42.2 Å². The number of imidazole rings is 1. The molecule has 19 heavy (non-hydrogen) atoms. The van der Waals surface area contributed by atoms with Crippen LogP contribution in [0.5, 0.6) is 11.8 Å². The predicted octanol–water partition coefficient (Wildman–Crippen LogP) is 2.09. The molecule has 0 unspecified atom stereocenters. The standard InChI is InChI=1S/C12H7F2N3O2/c13-6-2-1-3-7(14)8(6)9-10(18)16-12-15-4-5-17(12)11(9)19/h1-5,19H,(H,15,16,18). The Morgan fingerprint density at radius 3 is 2.42 bits per heavy atom. The summed E-state index contributed by atoms with van der Waals surface area (Å²) in [5, 5.41) is 19.8. The van der Waals surface area contributed by atoms with Crippen LogP contribution in [0.1, 0.15) is 0 Å². The maximum atomic E-state index is 13.7. The summed E-state index contributed by atoms with van der Waals surface area (Å²) in [6, 6.07) is 3.23. The van der Waals surface area contributed by atoms with Crippen LogP contribution in [0.15, 0.2) is 30.6 Å². The number of halogens is 2. The van der Waals surface area contributed by atoms with Gasteiger partial charge in [0.05, 0.1) is 5.56 Å². The minimum absolute atomic E-state index is 0.0236. The van der Waals surface area contributed by atoms with Crippen molar-refractivity contribution in [2.24, 2.45) is 0 Å². The normalized spacial score (nSPS) is 11.1. The highest BCUT2D eigenvalue weighted by Gasteiger charge is 2.22. The summed E-state index contributed by atoms with van der Waals surface area (Å²) in [7, 11) is 0. The first-order valence-corrected chi connectivity index (χ1v) is 5.29. The maximum Gasteiger partial charge on any atom is 0.239 e. The highest BCUT2D eigenvalue weighted by Crippen LogP contribution is 2.38. The fraction of sp³-hybridized carbons (Fsp3) is 0. The number of hydrogen-bond donors (Lipinski definition) is 2. The van der Waals surface area contributed by atoms with Crippen molar-refractivity contribution in [1.82, 2.24) is 14.4 Å². The van der Waals surface area contributed by atoms with Crippen molar-refractivity contribution in [3.8, 4) is 22.9 Å². The Kier molecular flexibility index (Phi) is 2.34. The Morgan fingerprint density at radius 1 is 1.05 bits per heavy atom. The van der Waals surface area contributed by atoms with Crippen LogP contribution in [0, 0.1) is 11.6 Å². The lowest BCUT2D eigenvalue weighted by Gasteiger charge is -2.10. The summed E-state index contributed by atoms with van der Waals surface area (Å²) >= 11 is 0. The monoisotopic (exact) mass is 263 g/mol. The van der Waals surface area contributed by atoms with Gasteiger partial charge >= 0.3 is 0 Å². The van der Waals surface area contributed by atoms with Crippen molar-refractivity contribution in [2.75, 3.05) is 0 Å². The largest absolute Gasteiger partial charge is 0.494 e. The second-order valence-corrected chi connectivity index (χ2v) is 3.83. The first-order chi connectivity index (χ1) is 9.09. The average Bonchev–Trinajstić information content (AvgIpc) is 2.81. The molecule has 0 aliphatic carbocycles. The molecule has 96 valence electrons. The molecule has 3 aromatic rings. The third-order valence-corrected chi connectivity index (χ3v) is 2.72. The van der Waals surface area contributed by atoms with Crippen LogP contribution >= 0.6 is 0 Å². The van der Waals surface area contributed by atoms with Gasteiger partial charge in [-0.3, -0.25) is 4.40 Å². The molecule has 0 spiro atoms. The molecule has 2 N–H and O–H groups in total. The predicted molar refractivity (Wildman–Crippen MR) is 61.7 cm³/mol. The Balaban J connectivity index is 2.42.